The summed E-state index contributed by atoms with van der Waals surface area (Å²) >= 11 is 0. The first-order valence-electron chi connectivity index (χ1n) is 6.53. The molecule has 0 aliphatic carbocycles. The van der Waals surface area contributed by atoms with Gasteiger partial charge in [-0.05, 0) is 38.1 Å². The first-order chi connectivity index (χ1) is 9.10. The lowest BCUT2D eigenvalue weighted by molar-refractivity contribution is -0.384. The molecule has 1 aliphatic heterocycles. The fourth-order valence-electron chi connectivity index (χ4n) is 2.46. The van der Waals surface area contributed by atoms with Crippen molar-refractivity contribution in [2.24, 2.45) is 0 Å². The van der Waals surface area contributed by atoms with Crippen molar-refractivity contribution in [1.82, 2.24) is 4.90 Å². The van der Waals surface area contributed by atoms with Crippen molar-refractivity contribution >= 4 is 11.4 Å². The quantitative estimate of drug-likeness (QED) is 0.673. The van der Waals surface area contributed by atoms with Crippen molar-refractivity contribution in [1.29, 1.82) is 0 Å². The van der Waals surface area contributed by atoms with Gasteiger partial charge in [0.2, 0.25) is 0 Å². The zero-order chi connectivity index (χ0) is 13.8. The molecule has 1 saturated heterocycles. The Kier molecular flexibility index (Phi) is 4.31. The van der Waals surface area contributed by atoms with Crippen LogP contribution in [0.3, 0.4) is 0 Å². The Morgan fingerprint density at radius 3 is 3.05 bits per heavy atom. The number of nitro groups is 1. The third kappa shape index (κ3) is 3.41. The van der Waals surface area contributed by atoms with Crippen LogP contribution in [0.5, 0.6) is 0 Å². The second kappa shape index (κ2) is 5.97. The van der Waals surface area contributed by atoms with Crippen molar-refractivity contribution in [3.05, 3.63) is 34.1 Å². The van der Waals surface area contributed by atoms with E-state index < -0.39 is 10.7 Å². The van der Waals surface area contributed by atoms with Crippen LogP contribution in [0.25, 0.3) is 0 Å². The number of benzene rings is 1. The predicted molar refractivity (Wildman–Crippen MR) is 71.8 cm³/mol. The molecule has 0 amide bonds. The number of nitrogens with zero attached hydrogens (tertiary/aromatic N) is 2. The van der Waals surface area contributed by atoms with Gasteiger partial charge in [0.1, 0.15) is 11.5 Å². The summed E-state index contributed by atoms with van der Waals surface area (Å²) in [6, 6.07) is 3.83. The van der Waals surface area contributed by atoms with Crippen LogP contribution in [0.2, 0.25) is 0 Å². The first kappa shape index (κ1) is 13.7. The van der Waals surface area contributed by atoms with Crippen LogP contribution >= 0.6 is 0 Å². The summed E-state index contributed by atoms with van der Waals surface area (Å²) < 4.78 is 13.1. The summed E-state index contributed by atoms with van der Waals surface area (Å²) in [5.74, 6) is -0.587. The van der Waals surface area contributed by atoms with Crippen molar-refractivity contribution in [3.8, 4) is 0 Å². The molecule has 0 bridgehead atoms. The molecule has 1 fully saturated rings. The molecule has 0 saturated carbocycles. The van der Waals surface area contributed by atoms with Gasteiger partial charge in [0.25, 0.3) is 5.69 Å². The van der Waals surface area contributed by atoms with Gasteiger partial charge in [0, 0.05) is 12.6 Å². The molecule has 1 aromatic rings. The average Bonchev–Trinajstić information content (AvgIpc) is 2.41. The van der Waals surface area contributed by atoms with E-state index in [-0.39, 0.29) is 11.7 Å². The zero-order valence-corrected chi connectivity index (χ0v) is 10.9. The number of likely N-dealkylation sites (N-methyl/N-ethyl adjacent to an activating group) is 1. The molecule has 2 rings (SSSR count). The van der Waals surface area contributed by atoms with E-state index in [9.17, 15) is 14.5 Å². The Morgan fingerprint density at radius 1 is 1.58 bits per heavy atom. The third-order valence-electron chi connectivity index (χ3n) is 3.47. The first-order valence-corrected chi connectivity index (χ1v) is 6.53. The van der Waals surface area contributed by atoms with Crippen LogP contribution < -0.4 is 5.32 Å². The lowest BCUT2D eigenvalue weighted by Gasteiger charge is -2.32. The molecule has 1 heterocycles. The number of hydrogen-bond acceptors (Lipinski definition) is 4. The number of likely N-dealkylation sites (tertiary alicyclic amines) is 1. The van der Waals surface area contributed by atoms with E-state index in [0.717, 1.165) is 38.5 Å². The number of halogens is 1. The van der Waals surface area contributed by atoms with Gasteiger partial charge in [-0.25, -0.2) is 4.39 Å². The monoisotopic (exact) mass is 267 g/mol. The number of piperidine rings is 1. The number of nitro benzene ring substituents is 1. The maximum absolute atomic E-state index is 13.1. The Bertz CT molecular complexity index is 467. The molecule has 1 N–H and O–H groups in total. The van der Waals surface area contributed by atoms with Gasteiger partial charge in [-0.3, -0.25) is 10.1 Å². The Balaban J connectivity index is 2.12. The number of nitrogens with one attached hydrogen (secondary N) is 1. The molecule has 5 nitrogen and oxygen atoms in total. The Hall–Kier alpha value is -1.69. The maximum atomic E-state index is 13.1. The molecule has 1 unspecified atom stereocenters. The summed E-state index contributed by atoms with van der Waals surface area (Å²) in [5, 5.41) is 14.1. The molecule has 6 heteroatoms. The van der Waals surface area contributed by atoms with Gasteiger partial charge in [-0.2, -0.15) is 0 Å². The summed E-state index contributed by atoms with van der Waals surface area (Å²) in [4.78, 5) is 12.7. The topological polar surface area (TPSA) is 58.4 Å². The molecule has 0 radical (unpaired) electrons. The summed E-state index contributed by atoms with van der Waals surface area (Å²) in [5.41, 5.74) is 0.197. The van der Waals surface area contributed by atoms with Gasteiger partial charge < -0.3 is 10.2 Å². The molecule has 104 valence electrons. The van der Waals surface area contributed by atoms with Crippen molar-refractivity contribution in [3.63, 3.8) is 0 Å². The summed E-state index contributed by atoms with van der Waals surface area (Å²) in [7, 11) is 0. The molecule has 19 heavy (non-hydrogen) atoms. The molecular formula is C13H18FN3O2. The Labute approximate surface area is 111 Å². The molecule has 1 aliphatic rings. The summed E-state index contributed by atoms with van der Waals surface area (Å²) in [6.45, 7) is 5.01. The van der Waals surface area contributed by atoms with Gasteiger partial charge >= 0.3 is 0 Å². The minimum absolute atomic E-state index is 0.179. The fourth-order valence-corrected chi connectivity index (χ4v) is 2.46. The van der Waals surface area contributed by atoms with Crippen LogP contribution in [0.15, 0.2) is 18.2 Å². The second-order valence-electron chi connectivity index (χ2n) is 4.80. The number of hydrogen-bond donors (Lipinski definition) is 1. The zero-order valence-electron chi connectivity index (χ0n) is 10.9. The van der Waals surface area contributed by atoms with E-state index in [1.165, 1.54) is 12.1 Å². The normalized spacial score (nSPS) is 20.2. The Morgan fingerprint density at radius 2 is 2.37 bits per heavy atom. The predicted octanol–water partition coefficient (Wildman–Crippen LogP) is 2.63. The van der Waals surface area contributed by atoms with E-state index in [0.29, 0.717) is 5.69 Å². The number of anilines is 1. The van der Waals surface area contributed by atoms with Gasteiger partial charge in [-0.1, -0.05) is 6.92 Å². The molecule has 1 atom stereocenters. The van der Waals surface area contributed by atoms with Crippen LogP contribution in [0.4, 0.5) is 15.8 Å². The molecule has 0 spiro atoms. The van der Waals surface area contributed by atoms with Crippen LogP contribution in [-0.2, 0) is 0 Å². The second-order valence-corrected chi connectivity index (χ2v) is 4.80. The van der Waals surface area contributed by atoms with Gasteiger partial charge in [-0.15, -0.1) is 0 Å². The van der Waals surface area contributed by atoms with E-state index in [2.05, 4.69) is 17.1 Å². The molecule has 1 aromatic carbocycles. The van der Waals surface area contributed by atoms with E-state index >= 15 is 0 Å². The highest BCUT2D eigenvalue weighted by Gasteiger charge is 2.22. The maximum Gasteiger partial charge on any atom is 0.295 e. The third-order valence-corrected chi connectivity index (χ3v) is 3.47. The largest absolute Gasteiger partial charge is 0.375 e. The molecular weight excluding hydrogens is 249 g/mol. The highest BCUT2D eigenvalue weighted by Crippen LogP contribution is 2.27. The van der Waals surface area contributed by atoms with Crippen LogP contribution in [0.1, 0.15) is 19.8 Å². The minimum atomic E-state index is -0.587. The van der Waals surface area contributed by atoms with Crippen LogP contribution in [0, 0.1) is 15.9 Å². The fraction of sp³-hybridized carbons (Fsp3) is 0.538. The van der Waals surface area contributed by atoms with Crippen molar-refractivity contribution < 1.29 is 9.31 Å². The highest BCUT2D eigenvalue weighted by molar-refractivity contribution is 5.61. The van der Waals surface area contributed by atoms with Crippen molar-refractivity contribution in [2.45, 2.75) is 25.8 Å². The van der Waals surface area contributed by atoms with E-state index in [4.69, 9.17) is 0 Å². The van der Waals surface area contributed by atoms with Gasteiger partial charge in [0.15, 0.2) is 0 Å². The van der Waals surface area contributed by atoms with Gasteiger partial charge in [0.05, 0.1) is 11.0 Å². The van der Waals surface area contributed by atoms with E-state index in [1.54, 1.807) is 0 Å². The lowest BCUT2D eigenvalue weighted by Crippen LogP contribution is -2.41. The van der Waals surface area contributed by atoms with E-state index in [1.807, 2.05) is 0 Å². The average molecular weight is 267 g/mol. The highest BCUT2D eigenvalue weighted by atomic mass is 19.1. The van der Waals surface area contributed by atoms with Crippen LogP contribution in [-0.4, -0.2) is 35.5 Å². The smallest absolute Gasteiger partial charge is 0.295 e. The van der Waals surface area contributed by atoms with Crippen molar-refractivity contribution in [2.75, 3.05) is 25.0 Å². The number of rotatable bonds is 4. The lowest BCUT2D eigenvalue weighted by atomic mass is 10.1. The SMILES string of the molecule is CCN1CCCC(Nc2ccc(F)cc2[N+](=O)[O-])C1. The standard InChI is InChI=1S/C13H18FN3O2/c1-2-16-7-3-4-11(9-16)15-12-6-5-10(14)8-13(12)17(18)19/h5-6,8,11,15H,2-4,7,9H2,1H3. The molecule has 0 aromatic heterocycles. The minimum Gasteiger partial charge on any atom is -0.375 e. The summed E-state index contributed by atoms with van der Waals surface area (Å²) in [6.07, 6.45) is 2.05.